The van der Waals surface area contributed by atoms with Crippen LogP contribution < -0.4 is 4.90 Å². The lowest BCUT2D eigenvalue weighted by Crippen LogP contribution is -2.16. The molecule has 0 bridgehead atoms. The molecular weight excluding hydrogens is 242 g/mol. The molecule has 0 aliphatic carbocycles. The molecule has 0 amide bonds. The van der Waals surface area contributed by atoms with Crippen LogP contribution in [0.2, 0.25) is 0 Å². The van der Waals surface area contributed by atoms with Gasteiger partial charge in [-0.15, -0.1) is 0 Å². The summed E-state index contributed by atoms with van der Waals surface area (Å²) in [5.74, 6) is 0. The SMILES string of the molecule is C=C/C=C(\C=C/C)N1/C=C\C=C/C(=C)c2ccccc21. The van der Waals surface area contributed by atoms with Gasteiger partial charge in [0.1, 0.15) is 0 Å². The van der Waals surface area contributed by atoms with Crippen molar-refractivity contribution in [3.63, 3.8) is 0 Å². The molecule has 0 saturated heterocycles. The average molecular weight is 261 g/mol. The first-order chi connectivity index (χ1) is 9.77. The Morgan fingerprint density at radius 1 is 1.20 bits per heavy atom. The standard InChI is InChI=1S/C19H19N/c1-4-10-17(11-5-2)20-15-9-8-12-16(3)18-13-6-7-14-19(18)20/h4-15H,1,3H2,2H3/b11-5-,12-8-,15-9-,17-10+. The summed E-state index contributed by atoms with van der Waals surface area (Å²) in [5.41, 5.74) is 4.32. The van der Waals surface area contributed by atoms with Gasteiger partial charge in [0.2, 0.25) is 0 Å². The zero-order valence-electron chi connectivity index (χ0n) is 11.8. The maximum atomic E-state index is 4.14. The third-order valence-electron chi connectivity index (χ3n) is 3.06. The van der Waals surface area contributed by atoms with Crippen molar-refractivity contribution in [3.05, 3.63) is 97.4 Å². The molecular formula is C19H19N. The second kappa shape index (κ2) is 6.58. The van der Waals surface area contributed by atoms with Crippen molar-refractivity contribution in [2.24, 2.45) is 0 Å². The molecule has 0 aromatic heterocycles. The highest BCUT2D eigenvalue weighted by atomic mass is 15.1. The summed E-state index contributed by atoms with van der Waals surface area (Å²) >= 11 is 0. The third-order valence-corrected chi connectivity index (χ3v) is 3.06. The Morgan fingerprint density at radius 2 is 2.00 bits per heavy atom. The van der Waals surface area contributed by atoms with E-state index < -0.39 is 0 Å². The van der Waals surface area contributed by atoms with E-state index in [4.69, 9.17) is 0 Å². The number of allylic oxidation sites excluding steroid dienone is 8. The van der Waals surface area contributed by atoms with Crippen molar-refractivity contribution >= 4 is 11.3 Å². The minimum atomic E-state index is 1.01. The fourth-order valence-electron chi connectivity index (χ4n) is 2.17. The van der Waals surface area contributed by atoms with Gasteiger partial charge < -0.3 is 4.90 Å². The molecule has 0 spiro atoms. The number of hydrogen-bond donors (Lipinski definition) is 0. The molecule has 1 heterocycles. The lowest BCUT2D eigenvalue weighted by Gasteiger charge is -2.25. The smallest absolute Gasteiger partial charge is 0.0533 e. The first-order valence-corrected chi connectivity index (χ1v) is 6.65. The summed E-state index contributed by atoms with van der Waals surface area (Å²) < 4.78 is 0. The molecule has 1 nitrogen and oxygen atoms in total. The van der Waals surface area contributed by atoms with E-state index in [-0.39, 0.29) is 0 Å². The van der Waals surface area contributed by atoms with Gasteiger partial charge in [-0.1, -0.05) is 55.7 Å². The minimum Gasteiger partial charge on any atom is -0.317 e. The maximum absolute atomic E-state index is 4.14. The van der Waals surface area contributed by atoms with E-state index >= 15 is 0 Å². The Kier molecular flexibility index (Phi) is 4.56. The van der Waals surface area contributed by atoms with Crippen molar-refractivity contribution < 1.29 is 0 Å². The van der Waals surface area contributed by atoms with Gasteiger partial charge in [0.15, 0.2) is 0 Å². The van der Waals surface area contributed by atoms with Crippen molar-refractivity contribution in [3.8, 4) is 0 Å². The molecule has 2 rings (SSSR count). The minimum absolute atomic E-state index is 1.01. The van der Waals surface area contributed by atoms with Crippen LogP contribution >= 0.6 is 0 Å². The lowest BCUT2D eigenvalue weighted by atomic mass is 10.0. The number of fused-ring (bicyclic) bond motifs is 1. The van der Waals surface area contributed by atoms with Crippen LogP contribution in [0.25, 0.3) is 5.57 Å². The second-order valence-electron chi connectivity index (χ2n) is 4.44. The van der Waals surface area contributed by atoms with Gasteiger partial charge in [0, 0.05) is 17.5 Å². The van der Waals surface area contributed by atoms with Crippen LogP contribution in [0.1, 0.15) is 12.5 Å². The van der Waals surface area contributed by atoms with Crippen LogP contribution in [0, 0.1) is 0 Å². The van der Waals surface area contributed by atoms with Gasteiger partial charge in [-0.05, 0) is 36.8 Å². The molecule has 1 aromatic rings. The summed E-state index contributed by atoms with van der Waals surface area (Å²) in [6.07, 6.45) is 16.0. The summed E-state index contributed by atoms with van der Waals surface area (Å²) in [6.45, 7) is 9.95. The van der Waals surface area contributed by atoms with Gasteiger partial charge >= 0.3 is 0 Å². The topological polar surface area (TPSA) is 3.24 Å². The van der Waals surface area contributed by atoms with E-state index in [0.29, 0.717) is 0 Å². The Balaban J connectivity index is 2.62. The molecule has 100 valence electrons. The highest BCUT2D eigenvalue weighted by Gasteiger charge is 2.13. The molecule has 1 aliphatic rings. The number of anilines is 1. The summed E-state index contributed by atoms with van der Waals surface area (Å²) in [7, 11) is 0. The van der Waals surface area contributed by atoms with E-state index in [1.54, 1.807) is 6.08 Å². The molecule has 0 unspecified atom stereocenters. The van der Waals surface area contributed by atoms with E-state index in [1.807, 2.05) is 49.4 Å². The molecule has 0 fully saturated rings. The lowest BCUT2D eigenvalue weighted by molar-refractivity contribution is 1.19. The van der Waals surface area contributed by atoms with Gasteiger partial charge in [-0.25, -0.2) is 0 Å². The number of rotatable bonds is 3. The Labute approximate surface area is 121 Å². The molecule has 20 heavy (non-hydrogen) atoms. The predicted molar refractivity (Wildman–Crippen MR) is 89.3 cm³/mol. The van der Waals surface area contributed by atoms with Crippen molar-refractivity contribution in [2.45, 2.75) is 6.92 Å². The van der Waals surface area contributed by atoms with Crippen molar-refractivity contribution in [1.29, 1.82) is 0 Å². The molecule has 0 saturated carbocycles. The van der Waals surface area contributed by atoms with E-state index in [9.17, 15) is 0 Å². The molecule has 1 aromatic carbocycles. The predicted octanol–water partition coefficient (Wildman–Crippen LogP) is 5.24. The van der Waals surface area contributed by atoms with E-state index in [1.165, 1.54) is 0 Å². The third kappa shape index (κ3) is 2.89. The Bertz CT molecular complexity index is 627. The van der Waals surface area contributed by atoms with Crippen molar-refractivity contribution in [2.75, 3.05) is 4.90 Å². The van der Waals surface area contributed by atoms with Crippen LogP contribution in [-0.2, 0) is 0 Å². The highest BCUT2D eigenvalue weighted by Crippen LogP contribution is 2.31. The zero-order chi connectivity index (χ0) is 14.4. The van der Waals surface area contributed by atoms with Gasteiger partial charge in [0.25, 0.3) is 0 Å². The Hall–Kier alpha value is -2.54. The number of hydrogen-bond acceptors (Lipinski definition) is 1. The normalized spacial score (nSPS) is 18.4. The van der Waals surface area contributed by atoms with E-state index in [2.05, 4.69) is 42.5 Å². The van der Waals surface area contributed by atoms with Crippen LogP contribution in [0.3, 0.4) is 0 Å². The van der Waals surface area contributed by atoms with Crippen LogP contribution in [0.4, 0.5) is 5.69 Å². The van der Waals surface area contributed by atoms with Gasteiger partial charge in [-0.3, -0.25) is 0 Å². The molecule has 0 atom stereocenters. The Morgan fingerprint density at radius 3 is 2.75 bits per heavy atom. The zero-order valence-corrected chi connectivity index (χ0v) is 11.8. The van der Waals surface area contributed by atoms with E-state index in [0.717, 1.165) is 22.5 Å². The fraction of sp³-hybridized carbons (Fsp3) is 0.0526. The number of para-hydroxylation sites is 1. The van der Waals surface area contributed by atoms with Crippen LogP contribution in [0.15, 0.2) is 91.9 Å². The highest BCUT2D eigenvalue weighted by molar-refractivity contribution is 5.83. The van der Waals surface area contributed by atoms with Crippen molar-refractivity contribution in [1.82, 2.24) is 0 Å². The second-order valence-corrected chi connectivity index (χ2v) is 4.44. The molecule has 0 N–H and O–H groups in total. The van der Waals surface area contributed by atoms with Gasteiger partial charge in [-0.2, -0.15) is 0 Å². The number of benzene rings is 1. The monoisotopic (exact) mass is 261 g/mol. The quantitative estimate of drug-likeness (QED) is 0.673. The largest absolute Gasteiger partial charge is 0.317 e. The van der Waals surface area contributed by atoms with Gasteiger partial charge in [0.05, 0.1) is 5.69 Å². The number of nitrogens with zero attached hydrogens (tertiary/aromatic N) is 1. The first-order valence-electron chi connectivity index (χ1n) is 6.65. The molecule has 0 radical (unpaired) electrons. The molecule has 1 aliphatic heterocycles. The van der Waals surface area contributed by atoms with Crippen LogP contribution in [-0.4, -0.2) is 0 Å². The molecule has 1 heteroatoms. The summed E-state index contributed by atoms with van der Waals surface area (Å²) in [4.78, 5) is 2.14. The maximum Gasteiger partial charge on any atom is 0.0533 e. The van der Waals surface area contributed by atoms with Crippen LogP contribution in [0.5, 0.6) is 0 Å². The summed E-state index contributed by atoms with van der Waals surface area (Å²) in [6, 6.07) is 8.27. The summed E-state index contributed by atoms with van der Waals surface area (Å²) in [5, 5.41) is 0. The average Bonchev–Trinajstić information content (AvgIpc) is 2.45. The fourth-order valence-corrected chi connectivity index (χ4v) is 2.17. The first kappa shape index (κ1) is 13.9.